The summed E-state index contributed by atoms with van der Waals surface area (Å²) >= 11 is 0. The van der Waals surface area contributed by atoms with Gasteiger partial charge >= 0.3 is 0 Å². The Hall–Kier alpha value is -0.120. The molecule has 0 spiro atoms. The van der Waals surface area contributed by atoms with Crippen molar-refractivity contribution in [3.8, 4) is 0 Å². The van der Waals surface area contributed by atoms with Gasteiger partial charge in [-0.15, -0.1) is 0 Å². The van der Waals surface area contributed by atoms with E-state index < -0.39 is 0 Å². The van der Waals surface area contributed by atoms with E-state index in [0.717, 1.165) is 13.2 Å². The predicted molar refractivity (Wildman–Crippen MR) is 57.8 cm³/mol. The Bertz CT molecular complexity index is 181. The first kappa shape index (κ1) is 11.4. The summed E-state index contributed by atoms with van der Waals surface area (Å²) in [5, 5.41) is 0. The molecule has 88 valence electrons. The molecule has 2 saturated heterocycles. The van der Waals surface area contributed by atoms with Gasteiger partial charge in [-0.3, -0.25) is 0 Å². The SMILES string of the molecule is CC(C)C(OC(C(C)C)C1CO1)C1CO1. The topological polar surface area (TPSA) is 34.3 Å². The molecule has 3 nitrogen and oxygen atoms in total. The summed E-state index contributed by atoms with van der Waals surface area (Å²) in [7, 11) is 0. The molecule has 3 heteroatoms. The second-order valence-electron chi connectivity index (χ2n) is 5.30. The number of rotatable bonds is 6. The van der Waals surface area contributed by atoms with Gasteiger partial charge in [0.15, 0.2) is 0 Å². The van der Waals surface area contributed by atoms with Gasteiger partial charge in [0.25, 0.3) is 0 Å². The molecule has 0 saturated carbocycles. The zero-order valence-corrected chi connectivity index (χ0v) is 10.1. The zero-order valence-electron chi connectivity index (χ0n) is 10.1. The van der Waals surface area contributed by atoms with Crippen LogP contribution in [-0.4, -0.2) is 37.6 Å². The highest BCUT2D eigenvalue weighted by molar-refractivity contribution is 4.88. The van der Waals surface area contributed by atoms with E-state index in [0.29, 0.717) is 24.0 Å². The Kier molecular flexibility index (Phi) is 3.33. The van der Waals surface area contributed by atoms with E-state index in [1.165, 1.54) is 0 Å². The summed E-state index contributed by atoms with van der Waals surface area (Å²) in [6, 6.07) is 0. The van der Waals surface area contributed by atoms with Gasteiger partial charge in [-0.2, -0.15) is 0 Å². The van der Waals surface area contributed by atoms with Gasteiger partial charge in [-0.25, -0.2) is 0 Å². The maximum Gasteiger partial charge on any atom is 0.107 e. The highest BCUT2D eigenvalue weighted by Gasteiger charge is 2.42. The summed E-state index contributed by atoms with van der Waals surface area (Å²) in [6.07, 6.45) is 1.12. The molecule has 0 aromatic heterocycles. The first-order chi connectivity index (χ1) is 7.09. The van der Waals surface area contributed by atoms with Crippen molar-refractivity contribution in [1.29, 1.82) is 0 Å². The molecule has 2 rings (SSSR count). The van der Waals surface area contributed by atoms with Gasteiger partial charge in [0, 0.05) is 0 Å². The molecule has 0 radical (unpaired) electrons. The van der Waals surface area contributed by atoms with Crippen molar-refractivity contribution in [2.45, 2.75) is 52.1 Å². The van der Waals surface area contributed by atoms with Crippen molar-refractivity contribution < 1.29 is 14.2 Å². The lowest BCUT2D eigenvalue weighted by molar-refractivity contribution is -0.0777. The minimum Gasteiger partial charge on any atom is -0.370 e. The van der Waals surface area contributed by atoms with Gasteiger partial charge in [0.1, 0.15) is 12.2 Å². The van der Waals surface area contributed by atoms with Gasteiger partial charge in [-0.1, -0.05) is 27.7 Å². The van der Waals surface area contributed by atoms with E-state index in [9.17, 15) is 0 Å². The van der Waals surface area contributed by atoms with Crippen molar-refractivity contribution in [3.63, 3.8) is 0 Å². The Morgan fingerprint density at radius 1 is 0.867 bits per heavy atom. The maximum atomic E-state index is 6.17. The lowest BCUT2D eigenvalue weighted by Gasteiger charge is -2.27. The third-order valence-electron chi connectivity index (χ3n) is 3.08. The first-order valence-corrected chi connectivity index (χ1v) is 5.98. The van der Waals surface area contributed by atoms with Crippen molar-refractivity contribution in [2.24, 2.45) is 11.8 Å². The summed E-state index contributed by atoms with van der Waals surface area (Å²) in [5.74, 6) is 1.02. The average Bonchev–Trinajstić information content (AvgIpc) is 2.99. The molecule has 0 N–H and O–H groups in total. The Labute approximate surface area is 92.1 Å². The highest BCUT2D eigenvalue weighted by Crippen LogP contribution is 2.30. The number of ether oxygens (including phenoxy) is 3. The van der Waals surface area contributed by atoms with Crippen LogP contribution in [-0.2, 0) is 14.2 Å². The van der Waals surface area contributed by atoms with Crippen LogP contribution in [0, 0.1) is 11.8 Å². The molecule has 2 fully saturated rings. The van der Waals surface area contributed by atoms with Crippen molar-refractivity contribution in [1.82, 2.24) is 0 Å². The second kappa shape index (κ2) is 4.40. The first-order valence-electron chi connectivity index (χ1n) is 5.98. The molecule has 2 aliphatic heterocycles. The van der Waals surface area contributed by atoms with Gasteiger partial charge < -0.3 is 14.2 Å². The fourth-order valence-corrected chi connectivity index (χ4v) is 2.02. The van der Waals surface area contributed by atoms with E-state index in [1.54, 1.807) is 0 Å². The third-order valence-corrected chi connectivity index (χ3v) is 3.08. The fraction of sp³-hybridized carbons (Fsp3) is 1.00. The zero-order chi connectivity index (χ0) is 11.0. The maximum absolute atomic E-state index is 6.17. The monoisotopic (exact) mass is 214 g/mol. The lowest BCUT2D eigenvalue weighted by Crippen LogP contribution is -2.36. The molecular formula is C12H22O3. The molecule has 4 atom stereocenters. The highest BCUT2D eigenvalue weighted by atomic mass is 16.6. The van der Waals surface area contributed by atoms with Crippen LogP contribution in [0.1, 0.15) is 27.7 Å². The largest absolute Gasteiger partial charge is 0.370 e. The van der Waals surface area contributed by atoms with E-state index in [2.05, 4.69) is 27.7 Å². The summed E-state index contributed by atoms with van der Waals surface area (Å²) < 4.78 is 16.9. The smallest absolute Gasteiger partial charge is 0.107 e. The van der Waals surface area contributed by atoms with Gasteiger partial charge in [-0.05, 0) is 11.8 Å². The van der Waals surface area contributed by atoms with Crippen LogP contribution in [0.3, 0.4) is 0 Å². The van der Waals surface area contributed by atoms with Crippen LogP contribution in [0.15, 0.2) is 0 Å². The normalized spacial score (nSPS) is 33.2. The van der Waals surface area contributed by atoms with Crippen LogP contribution in [0.5, 0.6) is 0 Å². The number of hydrogen-bond donors (Lipinski definition) is 0. The summed E-state index contributed by atoms with van der Waals surface area (Å²) in [4.78, 5) is 0. The minimum atomic E-state index is 0.238. The minimum absolute atomic E-state index is 0.238. The molecule has 0 aromatic carbocycles. The lowest BCUT2D eigenvalue weighted by atomic mass is 10.0. The van der Waals surface area contributed by atoms with Crippen LogP contribution >= 0.6 is 0 Å². The van der Waals surface area contributed by atoms with Crippen LogP contribution < -0.4 is 0 Å². The van der Waals surface area contributed by atoms with Crippen LogP contribution in [0.4, 0.5) is 0 Å². The quantitative estimate of drug-likeness (QED) is 0.633. The molecule has 0 aromatic rings. The molecule has 15 heavy (non-hydrogen) atoms. The van der Waals surface area contributed by atoms with E-state index >= 15 is 0 Å². The average molecular weight is 214 g/mol. The summed E-state index contributed by atoms with van der Waals surface area (Å²) in [6.45, 7) is 10.5. The standard InChI is InChI=1S/C12H22O3/c1-7(2)11(9-5-13-9)15-12(8(3)4)10-6-14-10/h7-12H,5-6H2,1-4H3. The van der Waals surface area contributed by atoms with Crippen molar-refractivity contribution in [3.05, 3.63) is 0 Å². The van der Waals surface area contributed by atoms with E-state index in [1.807, 2.05) is 0 Å². The molecule has 4 unspecified atom stereocenters. The van der Waals surface area contributed by atoms with E-state index in [-0.39, 0.29) is 12.2 Å². The Morgan fingerprint density at radius 3 is 1.40 bits per heavy atom. The third kappa shape index (κ3) is 2.92. The van der Waals surface area contributed by atoms with Crippen molar-refractivity contribution >= 4 is 0 Å². The van der Waals surface area contributed by atoms with Crippen molar-refractivity contribution in [2.75, 3.05) is 13.2 Å². The second-order valence-corrected chi connectivity index (χ2v) is 5.30. The summed E-state index contributed by atoms with van der Waals surface area (Å²) in [5.41, 5.74) is 0. The number of hydrogen-bond acceptors (Lipinski definition) is 3. The van der Waals surface area contributed by atoms with Gasteiger partial charge in [0.2, 0.25) is 0 Å². The van der Waals surface area contributed by atoms with E-state index in [4.69, 9.17) is 14.2 Å². The molecule has 2 aliphatic rings. The molecule has 0 bridgehead atoms. The Balaban J connectivity index is 1.90. The van der Waals surface area contributed by atoms with Gasteiger partial charge in [0.05, 0.1) is 25.4 Å². The molecule has 0 amide bonds. The fourth-order valence-electron chi connectivity index (χ4n) is 2.02. The number of epoxide rings is 2. The molecular weight excluding hydrogens is 192 g/mol. The van der Waals surface area contributed by atoms with Crippen LogP contribution in [0.25, 0.3) is 0 Å². The van der Waals surface area contributed by atoms with Crippen LogP contribution in [0.2, 0.25) is 0 Å². The predicted octanol–water partition coefficient (Wildman–Crippen LogP) is 1.85. The molecule has 2 heterocycles. The Morgan fingerprint density at radius 2 is 1.20 bits per heavy atom. The molecule has 0 aliphatic carbocycles.